The van der Waals surface area contributed by atoms with Crippen LogP contribution in [0.5, 0.6) is 0 Å². The molecule has 6 heteroatoms. The molecule has 2 N–H and O–H groups in total. The molecule has 0 aromatic heterocycles. The first kappa shape index (κ1) is 18.5. The lowest BCUT2D eigenvalue weighted by atomic mass is 10.3. The Bertz CT molecular complexity index is 281. The molecule has 0 aliphatic heterocycles. The first-order chi connectivity index (χ1) is 8.76. The van der Waals surface area contributed by atoms with E-state index in [4.69, 9.17) is 4.74 Å². The summed E-state index contributed by atoms with van der Waals surface area (Å²) in [6, 6.07) is 0. The van der Waals surface area contributed by atoms with Gasteiger partial charge in [-0.05, 0) is 39.0 Å². The van der Waals surface area contributed by atoms with E-state index in [0.29, 0.717) is 13.0 Å². The van der Waals surface area contributed by atoms with Gasteiger partial charge in [0.05, 0.1) is 6.61 Å². The number of ether oxygens (including phenoxy) is 1. The molecule has 5 nitrogen and oxygen atoms in total. The molecule has 112 valence electrons. The second-order valence-corrected chi connectivity index (χ2v) is 4.50. The predicted octanol–water partition coefficient (Wildman–Crippen LogP) is 1.91. The zero-order valence-corrected chi connectivity index (χ0v) is 14.2. The molecule has 0 radical (unpaired) electrons. The van der Waals surface area contributed by atoms with Gasteiger partial charge >= 0.3 is 5.97 Å². The highest BCUT2D eigenvalue weighted by atomic mass is 127. The molecule has 0 saturated heterocycles. The molecule has 1 fully saturated rings. The lowest BCUT2D eigenvalue weighted by Crippen LogP contribution is -2.38. The number of nitrogens with zero attached hydrogens (tertiary/aromatic N) is 1. The van der Waals surface area contributed by atoms with Crippen molar-refractivity contribution in [1.29, 1.82) is 0 Å². The Kier molecular flexibility index (Phi) is 11.0. The molecule has 0 atom stereocenters. The van der Waals surface area contributed by atoms with Crippen molar-refractivity contribution in [1.82, 2.24) is 10.6 Å². The van der Waals surface area contributed by atoms with E-state index in [1.165, 1.54) is 12.8 Å². The number of carbonyl (C=O) groups is 1. The van der Waals surface area contributed by atoms with Crippen LogP contribution >= 0.6 is 24.0 Å². The van der Waals surface area contributed by atoms with Gasteiger partial charge in [-0.3, -0.25) is 9.79 Å². The molecular formula is C13H26IN3O2. The fourth-order valence-corrected chi connectivity index (χ4v) is 1.54. The highest BCUT2D eigenvalue weighted by molar-refractivity contribution is 14.0. The number of esters is 1. The average molecular weight is 383 g/mol. The summed E-state index contributed by atoms with van der Waals surface area (Å²) in [5.41, 5.74) is 0. The van der Waals surface area contributed by atoms with Crippen molar-refractivity contribution in [2.24, 2.45) is 10.9 Å². The first-order valence-corrected chi connectivity index (χ1v) is 6.94. The Balaban J connectivity index is 0.00000324. The maximum absolute atomic E-state index is 11.1. The molecule has 0 amide bonds. The molecule has 0 heterocycles. The smallest absolute Gasteiger partial charge is 0.305 e. The zero-order chi connectivity index (χ0) is 13.2. The normalized spacial score (nSPS) is 14.5. The third-order valence-corrected chi connectivity index (χ3v) is 2.70. The second kappa shape index (κ2) is 11.3. The van der Waals surface area contributed by atoms with Crippen molar-refractivity contribution >= 4 is 35.9 Å². The summed E-state index contributed by atoms with van der Waals surface area (Å²) in [5, 5.41) is 6.43. The maximum atomic E-state index is 11.1. The summed E-state index contributed by atoms with van der Waals surface area (Å²) >= 11 is 0. The molecule has 0 aromatic rings. The van der Waals surface area contributed by atoms with E-state index in [-0.39, 0.29) is 29.9 Å². The lowest BCUT2D eigenvalue weighted by Gasteiger charge is -2.10. The molecule has 19 heavy (non-hydrogen) atoms. The summed E-state index contributed by atoms with van der Waals surface area (Å²) in [4.78, 5) is 15.6. The van der Waals surface area contributed by atoms with Gasteiger partial charge in [0.15, 0.2) is 5.96 Å². The zero-order valence-electron chi connectivity index (χ0n) is 11.9. The van der Waals surface area contributed by atoms with Gasteiger partial charge in [-0.15, -0.1) is 24.0 Å². The third kappa shape index (κ3) is 9.98. The minimum atomic E-state index is -0.126. The Morgan fingerprint density at radius 3 is 2.63 bits per heavy atom. The molecule has 1 aliphatic carbocycles. The molecule has 1 rings (SSSR count). The van der Waals surface area contributed by atoms with Gasteiger partial charge in [-0.25, -0.2) is 0 Å². The summed E-state index contributed by atoms with van der Waals surface area (Å²) in [7, 11) is 0. The van der Waals surface area contributed by atoms with Crippen LogP contribution in [0.2, 0.25) is 0 Å². The SMILES string of the molecule is CCNC(=NCC1CC1)NCCCC(=O)OCC.I. The van der Waals surface area contributed by atoms with Crippen molar-refractivity contribution in [3.05, 3.63) is 0 Å². The van der Waals surface area contributed by atoms with E-state index in [1.54, 1.807) is 0 Å². The van der Waals surface area contributed by atoms with Gasteiger partial charge in [0.25, 0.3) is 0 Å². The minimum Gasteiger partial charge on any atom is -0.466 e. The highest BCUT2D eigenvalue weighted by Crippen LogP contribution is 2.28. The summed E-state index contributed by atoms with van der Waals surface area (Å²) in [6.45, 7) is 6.84. The maximum Gasteiger partial charge on any atom is 0.305 e. The van der Waals surface area contributed by atoms with E-state index in [1.807, 2.05) is 13.8 Å². The topological polar surface area (TPSA) is 62.7 Å². The second-order valence-electron chi connectivity index (χ2n) is 4.50. The Labute approximate surface area is 133 Å². The number of halogens is 1. The van der Waals surface area contributed by atoms with Crippen LogP contribution in [0, 0.1) is 5.92 Å². The largest absolute Gasteiger partial charge is 0.466 e. The van der Waals surface area contributed by atoms with Gasteiger partial charge in [0.2, 0.25) is 0 Å². The van der Waals surface area contributed by atoms with Crippen LogP contribution in [-0.4, -0.2) is 38.2 Å². The van der Waals surface area contributed by atoms with Crippen molar-refractivity contribution in [2.75, 3.05) is 26.2 Å². The summed E-state index contributed by atoms with van der Waals surface area (Å²) < 4.78 is 4.87. The lowest BCUT2D eigenvalue weighted by molar-refractivity contribution is -0.143. The molecule has 1 aliphatic rings. The fourth-order valence-electron chi connectivity index (χ4n) is 1.54. The molecule has 0 unspecified atom stereocenters. The van der Waals surface area contributed by atoms with Crippen LogP contribution in [0.15, 0.2) is 4.99 Å². The number of nitrogens with one attached hydrogen (secondary N) is 2. The average Bonchev–Trinajstić information content (AvgIpc) is 3.15. The van der Waals surface area contributed by atoms with Crippen LogP contribution < -0.4 is 10.6 Å². The minimum absolute atomic E-state index is 0. The Morgan fingerprint density at radius 2 is 2.05 bits per heavy atom. The standard InChI is InChI=1S/C13H25N3O2.HI/c1-3-14-13(16-10-11-7-8-11)15-9-5-6-12(17)18-4-2;/h11H,3-10H2,1-2H3,(H2,14,15,16);1H. The summed E-state index contributed by atoms with van der Waals surface area (Å²) in [5.74, 6) is 1.52. The summed E-state index contributed by atoms with van der Waals surface area (Å²) in [6.07, 6.45) is 3.85. The van der Waals surface area contributed by atoms with Gasteiger partial charge in [-0.2, -0.15) is 0 Å². The monoisotopic (exact) mass is 383 g/mol. The molecule has 0 aromatic carbocycles. The van der Waals surface area contributed by atoms with Gasteiger partial charge in [0, 0.05) is 26.1 Å². The number of aliphatic imine (C=N–C) groups is 1. The number of hydrogen-bond donors (Lipinski definition) is 2. The number of rotatable bonds is 8. The Morgan fingerprint density at radius 1 is 1.32 bits per heavy atom. The molecular weight excluding hydrogens is 357 g/mol. The quantitative estimate of drug-likeness (QED) is 0.221. The number of hydrogen-bond acceptors (Lipinski definition) is 3. The first-order valence-electron chi connectivity index (χ1n) is 6.94. The van der Waals surface area contributed by atoms with E-state index in [9.17, 15) is 4.79 Å². The highest BCUT2D eigenvalue weighted by Gasteiger charge is 2.20. The third-order valence-electron chi connectivity index (χ3n) is 2.70. The molecule has 0 bridgehead atoms. The van der Waals surface area contributed by atoms with E-state index >= 15 is 0 Å². The number of carbonyl (C=O) groups excluding carboxylic acids is 1. The fraction of sp³-hybridized carbons (Fsp3) is 0.846. The van der Waals surface area contributed by atoms with Crippen LogP contribution in [-0.2, 0) is 9.53 Å². The van der Waals surface area contributed by atoms with E-state index in [0.717, 1.165) is 37.9 Å². The predicted molar refractivity (Wildman–Crippen MR) is 88.0 cm³/mol. The van der Waals surface area contributed by atoms with Crippen LogP contribution in [0.4, 0.5) is 0 Å². The van der Waals surface area contributed by atoms with Crippen LogP contribution in [0.1, 0.15) is 39.5 Å². The van der Waals surface area contributed by atoms with Crippen molar-refractivity contribution in [3.63, 3.8) is 0 Å². The van der Waals surface area contributed by atoms with E-state index in [2.05, 4.69) is 15.6 Å². The van der Waals surface area contributed by atoms with Crippen molar-refractivity contribution < 1.29 is 9.53 Å². The molecule has 1 saturated carbocycles. The Hall–Kier alpha value is -0.530. The van der Waals surface area contributed by atoms with Gasteiger partial charge < -0.3 is 15.4 Å². The van der Waals surface area contributed by atoms with Crippen molar-refractivity contribution in [2.45, 2.75) is 39.5 Å². The van der Waals surface area contributed by atoms with Gasteiger partial charge in [-0.1, -0.05) is 0 Å². The van der Waals surface area contributed by atoms with Crippen molar-refractivity contribution in [3.8, 4) is 0 Å². The number of guanidine groups is 1. The van der Waals surface area contributed by atoms with Gasteiger partial charge in [0.1, 0.15) is 0 Å². The van der Waals surface area contributed by atoms with Crippen LogP contribution in [0.25, 0.3) is 0 Å². The molecule has 0 spiro atoms. The van der Waals surface area contributed by atoms with E-state index < -0.39 is 0 Å². The van der Waals surface area contributed by atoms with Crippen LogP contribution in [0.3, 0.4) is 0 Å².